The van der Waals surface area contributed by atoms with Crippen LogP contribution in [-0.2, 0) is 22.1 Å². The van der Waals surface area contributed by atoms with E-state index in [4.69, 9.17) is 4.42 Å². The second kappa shape index (κ2) is 13.4. The van der Waals surface area contributed by atoms with Crippen LogP contribution in [0.4, 0.5) is 0 Å². The number of phenols is 1. The van der Waals surface area contributed by atoms with E-state index in [-0.39, 0.29) is 57.9 Å². The number of aromatic nitrogens is 1. The van der Waals surface area contributed by atoms with Crippen LogP contribution in [0.15, 0.2) is 88.3 Å². The maximum atomic E-state index is 13.0. The van der Waals surface area contributed by atoms with Gasteiger partial charge in [-0.25, -0.2) is 9.36 Å². The van der Waals surface area contributed by atoms with Crippen molar-refractivity contribution in [2.24, 2.45) is 0 Å². The van der Waals surface area contributed by atoms with Gasteiger partial charge in [0.2, 0.25) is 0 Å². The highest BCUT2D eigenvalue weighted by Crippen LogP contribution is 2.60. The molecule has 0 radical (unpaired) electrons. The predicted molar refractivity (Wildman–Crippen MR) is 170 cm³/mol. The summed E-state index contributed by atoms with van der Waals surface area (Å²) in [6.45, 7) is -0.409. The van der Waals surface area contributed by atoms with Crippen LogP contribution >= 0.6 is 15.2 Å². The summed E-state index contributed by atoms with van der Waals surface area (Å²) < 4.78 is 30.5. The Morgan fingerprint density at radius 3 is 2.31 bits per heavy atom. The van der Waals surface area contributed by atoms with Crippen LogP contribution < -0.4 is 15.3 Å². The van der Waals surface area contributed by atoms with Crippen molar-refractivity contribution in [1.82, 2.24) is 5.32 Å². The molecule has 1 aromatic heterocycles. The smallest absolute Gasteiger partial charge is 0.341 e. The minimum atomic E-state index is -5.14. The molecule has 3 aromatic rings. The third-order valence-corrected chi connectivity index (χ3v) is 11.2. The van der Waals surface area contributed by atoms with Gasteiger partial charge in [0, 0.05) is 52.3 Å². The first kappa shape index (κ1) is 34.6. The molecule has 8 N–H and O–H groups in total. The number of hydrogen-bond acceptors (Lipinski definition) is 8. The van der Waals surface area contributed by atoms with E-state index >= 15 is 0 Å². The number of carbonyl (C=O) groups is 2. The average molecular weight is 700 g/mol. The molecule has 250 valence electrons. The number of fused-ring (bicyclic) bond motifs is 2. The highest BCUT2D eigenvalue weighted by Gasteiger charge is 2.43. The van der Waals surface area contributed by atoms with Crippen LogP contribution in [0.25, 0.3) is 33.4 Å². The number of nitrogens with zero attached hydrogens (tertiary/aromatic N) is 1. The van der Waals surface area contributed by atoms with Crippen molar-refractivity contribution in [3.63, 3.8) is 0 Å². The lowest BCUT2D eigenvalue weighted by Crippen LogP contribution is -2.44. The highest BCUT2D eigenvalue weighted by atomic mass is 31.2. The van der Waals surface area contributed by atoms with Crippen LogP contribution in [0.5, 0.6) is 5.75 Å². The van der Waals surface area contributed by atoms with Gasteiger partial charge in [0.05, 0.1) is 12.1 Å². The summed E-state index contributed by atoms with van der Waals surface area (Å²) in [6, 6.07) is 15.2. The topological polar surface area (TPSA) is 256 Å². The Labute approximate surface area is 271 Å². The molecule has 48 heavy (non-hydrogen) atoms. The SMILES string of the molecule is O=C(NCC(O)C[n+]1cccc(CC(P(=O)(O)O)P(=O)(O)O)c1)c1ccc(-c2c3ccc(=O)cc-3oc3cc(O)ccc23)c(C(=O)O)c1. The number of pyridine rings is 1. The molecule has 1 aliphatic carbocycles. The van der Waals surface area contributed by atoms with Crippen molar-refractivity contribution in [1.29, 1.82) is 0 Å². The Hall–Kier alpha value is -4.72. The van der Waals surface area contributed by atoms with Gasteiger partial charge in [-0.15, -0.1) is 0 Å². The molecular formula is C31H29N2O13P2+. The Kier molecular flexibility index (Phi) is 9.67. The number of aliphatic hydroxyl groups is 1. The van der Waals surface area contributed by atoms with E-state index in [9.17, 15) is 58.4 Å². The van der Waals surface area contributed by atoms with Gasteiger partial charge in [-0.2, -0.15) is 0 Å². The lowest BCUT2D eigenvalue weighted by molar-refractivity contribution is -0.703. The van der Waals surface area contributed by atoms with E-state index in [1.165, 1.54) is 77.6 Å². The molecule has 17 heteroatoms. The van der Waals surface area contributed by atoms with Crippen molar-refractivity contribution >= 4 is 38.0 Å². The zero-order chi connectivity index (χ0) is 35.0. The molecule has 0 saturated heterocycles. The zero-order valence-corrected chi connectivity index (χ0v) is 26.5. The summed E-state index contributed by atoms with van der Waals surface area (Å²) >= 11 is 0. The summed E-state index contributed by atoms with van der Waals surface area (Å²) in [5.41, 5.74) is 0.801. The van der Waals surface area contributed by atoms with Crippen LogP contribution in [0, 0.1) is 0 Å². The monoisotopic (exact) mass is 699 g/mol. The minimum absolute atomic E-state index is 0.0346. The Balaban J connectivity index is 1.36. The van der Waals surface area contributed by atoms with E-state index in [0.717, 1.165) is 0 Å². The van der Waals surface area contributed by atoms with Crippen molar-refractivity contribution < 1.29 is 62.6 Å². The van der Waals surface area contributed by atoms with Gasteiger partial charge in [0.25, 0.3) is 5.91 Å². The molecule has 0 spiro atoms. The first-order valence-corrected chi connectivity index (χ1v) is 17.5. The Morgan fingerprint density at radius 1 is 0.917 bits per heavy atom. The van der Waals surface area contributed by atoms with Gasteiger partial charge >= 0.3 is 21.2 Å². The van der Waals surface area contributed by atoms with Crippen molar-refractivity contribution in [3.05, 3.63) is 106 Å². The standard InChI is InChI=1S/C31H28N2O13P2/c34-19-4-7-23-26(12-19)46-27-13-20(35)5-8-24(27)29(23)22-6-3-18(11-25(22)31(38)39)30(37)32-14-21(36)16-33-9-1-2-17(15-33)10-28(47(40,41)42)48(43,44)45/h1-9,11-13,15,21,28,36H,10,14,16H2,(H6-,32,34,35,37,38,39,40,41,42,43,44,45)/p+1. The zero-order valence-electron chi connectivity index (χ0n) is 24.7. The van der Waals surface area contributed by atoms with Crippen molar-refractivity contribution in [3.8, 4) is 28.2 Å². The molecule has 0 fully saturated rings. The number of aliphatic hydroxyl groups excluding tert-OH is 1. The number of benzene rings is 3. The molecule has 2 aromatic carbocycles. The molecule has 2 heterocycles. The highest BCUT2D eigenvalue weighted by molar-refractivity contribution is 7.70. The normalized spacial score (nSPS) is 12.8. The Bertz CT molecular complexity index is 2150. The molecule has 15 nitrogen and oxygen atoms in total. The van der Waals surface area contributed by atoms with E-state index in [2.05, 4.69) is 5.32 Å². The molecule has 1 atom stereocenters. The number of aromatic carboxylic acids is 1. The second-order valence-corrected chi connectivity index (χ2v) is 15.0. The molecule has 0 bridgehead atoms. The van der Waals surface area contributed by atoms with E-state index in [0.29, 0.717) is 16.5 Å². The molecular weight excluding hydrogens is 670 g/mol. The van der Waals surface area contributed by atoms with Crippen LogP contribution in [0.1, 0.15) is 26.3 Å². The van der Waals surface area contributed by atoms with Gasteiger partial charge < -0.3 is 44.6 Å². The van der Waals surface area contributed by atoms with Crippen LogP contribution in [0.3, 0.4) is 0 Å². The summed E-state index contributed by atoms with van der Waals surface area (Å²) in [5, 5.41) is 31.4. The first-order chi connectivity index (χ1) is 22.5. The maximum Gasteiger partial charge on any atom is 0.341 e. The number of carbonyl (C=O) groups excluding carboxylic acids is 1. The fraction of sp³-hybridized carbons (Fsp3) is 0.161. The van der Waals surface area contributed by atoms with Gasteiger partial charge in [-0.05, 0) is 48.0 Å². The van der Waals surface area contributed by atoms with Gasteiger partial charge in [-0.3, -0.25) is 18.7 Å². The number of nitrogens with one attached hydrogen (secondary N) is 1. The lowest BCUT2D eigenvalue weighted by Gasteiger charge is -2.19. The van der Waals surface area contributed by atoms with E-state index in [1.54, 1.807) is 6.07 Å². The van der Waals surface area contributed by atoms with Gasteiger partial charge in [0.1, 0.15) is 23.2 Å². The third kappa shape index (κ3) is 7.70. The summed E-state index contributed by atoms with van der Waals surface area (Å²) in [7, 11) is -10.3. The molecule has 0 saturated carbocycles. The summed E-state index contributed by atoms with van der Waals surface area (Å²) in [4.78, 5) is 75.1. The maximum absolute atomic E-state index is 13.0. The third-order valence-electron chi connectivity index (χ3n) is 7.49. The number of amides is 1. The molecule has 1 aliphatic heterocycles. The molecule has 5 rings (SSSR count). The number of aromatic hydroxyl groups is 1. The number of hydrogen-bond donors (Lipinski definition) is 8. The Morgan fingerprint density at radius 2 is 1.62 bits per heavy atom. The van der Waals surface area contributed by atoms with Crippen molar-refractivity contribution in [2.45, 2.75) is 24.5 Å². The minimum Gasteiger partial charge on any atom is -0.508 e. The second-order valence-electron chi connectivity index (χ2n) is 11.0. The fourth-order valence-corrected chi connectivity index (χ4v) is 7.77. The molecule has 1 amide bonds. The van der Waals surface area contributed by atoms with E-state index < -0.39 is 45.0 Å². The number of carboxylic acid groups (broad SMARTS) is 1. The van der Waals surface area contributed by atoms with Gasteiger partial charge in [0.15, 0.2) is 29.8 Å². The summed E-state index contributed by atoms with van der Waals surface area (Å²) in [5.74, 6) is -2.00. The van der Waals surface area contributed by atoms with E-state index in [1.807, 2.05) is 0 Å². The van der Waals surface area contributed by atoms with Gasteiger partial charge in [-0.1, -0.05) is 6.07 Å². The largest absolute Gasteiger partial charge is 0.508 e. The predicted octanol–water partition coefficient (Wildman–Crippen LogP) is 2.27. The van der Waals surface area contributed by atoms with Crippen LogP contribution in [0.2, 0.25) is 0 Å². The lowest BCUT2D eigenvalue weighted by atomic mass is 9.90. The summed E-state index contributed by atoms with van der Waals surface area (Å²) in [6.07, 6.45) is 1.03. The average Bonchev–Trinajstić information content (AvgIpc) is 3.00. The quantitative estimate of drug-likeness (QED) is 0.0560. The fourth-order valence-electron chi connectivity index (χ4n) is 5.31. The molecule has 2 aliphatic rings. The number of rotatable bonds is 11. The number of carboxylic acids is 1. The van der Waals surface area contributed by atoms with Crippen LogP contribution in [-0.4, -0.2) is 64.8 Å². The van der Waals surface area contributed by atoms with Crippen molar-refractivity contribution in [2.75, 3.05) is 6.54 Å². The first-order valence-electron chi connectivity index (χ1n) is 14.1. The molecule has 1 unspecified atom stereocenters. The number of phenolic OH excluding ortho intramolecular Hbond substituents is 1.